The number of methoxy groups -OCH3 is 2. The van der Waals surface area contributed by atoms with Crippen molar-refractivity contribution in [1.29, 1.82) is 0 Å². The fourth-order valence-corrected chi connectivity index (χ4v) is 2.41. The van der Waals surface area contributed by atoms with E-state index in [1.165, 1.54) is 0 Å². The molecule has 26 heavy (non-hydrogen) atoms. The quantitative estimate of drug-likeness (QED) is 0.577. The van der Waals surface area contributed by atoms with Crippen LogP contribution in [0, 0.1) is 0 Å². The molecule has 0 unspecified atom stereocenters. The number of hydrogen-bond acceptors (Lipinski definition) is 5. The van der Waals surface area contributed by atoms with Gasteiger partial charge >= 0.3 is 0 Å². The van der Waals surface area contributed by atoms with Gasteiger partial charge in [0.2, 0.25) is 11.6 Å². The molecule has 1 aromatic heterocycles. The summed E-state index contributed by atoms with van der Waals surface area (Å²) in [5.74, 6) is 2.62. The number of hydrogen-bond donors (Lipinski definition) is 1. The number of guanidine groups is 1. The van der Waals surface area contributed by atoms with Crippen LogP contribution in [0.25, 0.3) is 0 Å². The maximum absolute atomic E-state index is 5.99. The topological polar surface area (TPSA) is 82.2 Å². The molecule has 0 aliphatic rings. The highest BCUT2D eigenvalue weighted by Gasteiger charge is 2.13. The molecule has 0 radical (unpaired) electrons. The lowest BCUT2D eigenvalue weighted by molar-refractivity contribution is 0.342. The first-order valence-electron chi connectivity index (χ1n) is 8.51. The van der Waals surface area contributed by atoms with Crippen molar-refractivity contribution in [3.63, 3.8) is 0 Å². The Morgan fingerprint density at radius 1 is 1.08 bits per heavy atom. The second-order valence-corrected chi connectivity index (χ2v) is 5.45. The number of ether oxygens (including phenoxy) is 3. The smallest absolute Gasteiger partial charge is 0.219 e. The number of nitrogens with two attached hydrogens (primary N) is 1. The molecule has 7 nitrogen and oxygen atoms in total. The molecule has 0 bridgehead atoms. The SMILES string of the molecule is CCN(CC)C(N)=NCc1ccc(Oc2c(OC)cccc2OC)nc1. The Morgan fingerprint density at radius 3 is 2.23 bits per heavy atom. The molecule has 0 aliphatic heterocycles. The van der Waals surface area contributed by atoms with Gasteiger partial charge in [0.25, 0.3) is 0 Å². The minimum atomic E-state index is 0.442. The Balaban J connectivity index is 2.10. The molecule has 2 rings (SSSR count). The maximum atomic E-state index is 5.99. The van der Waals surface area contributed by atoms with E-state index in [0.29, 0.717) is 35.6 Å². The summed E-state index contributed by atoms with van der Waals surface area (Å²) in [6, 6.07) is 9.13. The van der Waals surface area contributed by atoms with E-state index in [1.54, 1.807) is 38.6 Å². The number of para-hydroxylation sites is 1. The number of nitrogens with zero attached hydrogens (tertiary/aromatic N) is 3. The van der Waals surface area contributed by atoms with Gasteiger partial charge in [-0.15, -0.1) is 0 Å². The summed E-state index contributed by atoms with van der Waals surface area (Å²) in [4.78, 5) is 10.7. The van der Waals surface area contributed by atoms with Gasteiger partial charge in [-0.1, -0.05) is 12.1 Å². The Bertz CT molecular complexity index is 706. The van der Waals surface area contributed by atoms with Crippen LogP contribution in [-0.2, 0) is 6.54 Å². The first-order valence-corrected chi connectivity index (χ1v) is 8.51. The molecule has 2 N–H and O–H groups in total. The van der Waals surface area contributed by atoms with Gasteiger partial charge in [0.1, 0.15) is 0 Å². The average molecular weight is 358 g/mol. The highest BCUT2D eigenvalue weighted by Crippen LogP contribution is 2.39. The molecule has 0 atom stereocenters. The number of pyridine rings is 1. The zero-order valence-corrected chi connectivity index (χ0v) is 15.7. The van der Waals surface area contributed by atoms with Crippen molar-refractivity contribution in [2.75, 3.05) is 27.3 Å². The molecule has 140 valence electrons. The summed E-state index contributed by atoms with van der Waals surface area (Å²) in [5, 5.41) is 0. The van der Waals surface area contributed by atoms with Crippen LogP contribution < -0.4 is 19.9 Å². The Labute approximate surface area is 154 Å². The van der Waals surface area contributed by atoms with E-state index in [1.807, 2.05) is 30.9 Å². The first kappa shape index (κ1) is 19.4. The molecule has 0 saturated heterocycles. The third-order valence-electron chi connectivity index (χ3n) is 3.90. The van der Waals surface area contributed by atoms with Gasteiger partial charge in [0, 0.05) is 25.4 Å². The fraction of sp³-hybridized carbons (Fsp3) is 0.368. The predicted octanol–water partition coefficient (Wildman–Crippen LogP) is 3.05. The third-order valence-corrected chi connectivity index (χ3v) is 3.90. The lowest BCUT2D eigenvalue weighted by Crippen LogP contribution is -2.37. The van der Waals surface area contributed by atoms with E-state index in [9.17, 15) is 0 Å². The summed E-state index contributed by atoms with van der Waals surface area (Å²) in [6.45, 7) is 6.22. The monoisotopic (exact) mass is 358 g/mol. The van der Waals surface area contributed by atoms with Gasteiger partial charge < -0.3 is 24.8 Å². The van der Waals surface area contributed by atoms with E-state index in [0.717, 1.165) is 18.7 Å². The van der Waals surface area contributed by atoms with Crippen molar-refractivity contribution >= 4 is 5.96 Å². The van der Waals surface area contributed by atoms with Crippen LogP contribution in [0.3, 0.4) is 0 Å². The summed E-state index contributed by atoms with van der Waals surface area (Å²) >= 11 is 0. The minimum Gasteiger partial charge on any atom is -0.493 e. The van der Waals surface area contributed by atoms with Crippen molar-refractivity contribution in [2.45, 2.75) is 20.4 Å². The number of aliphatic imine (C=N–C) groups is 1. The molecule has 0 spiro atoms. The van der Waals surface area contributed by atoms with Gasteiger partial charge in [-0.3, -0.25) is 0 Å². The van der Waals surface area contributed by atoms with Crippen molar-refractivity contribution in [1.82, 2.24) is 9.88 Å². The van der Waals surface area contributed by atoms with Crippen molar-refractivity contribution in [3.05, 3.63) is 42.1 Å². The second-order valence-electron chi connectivity index (χ2n) is 5.45. The minimum absolute atomic E-state index is 0.442. The largest absolute Gasteiger partial charge is 0.493 e. The highest BCUT2D eigenvalue weighted by atomic mass is 16.5. The molecule has 0 fully saturated rings. The third kappa shape index (κ3) is 4.78. The van der Waals surface area contributed by atoms with Gasteiger partial charge in [0.15, 0.2) is 17.5 Å². The molecule has 7 heteroatoms. The molecular formula is C19H26N4O3. The molecule has 1 heterocycles. The molecule has 1 aromatic carbocycles. The Kier molecular flexibility index (Phi) is 7.08. The van der Waals surface area contributed by atoms with Crippen LogP contribution >= 0.6 is 0 Å². The van der Waals surface area contributed by atoms with Crippen LogP contribution in [0.2, 0.25) is 0 Å². The maximum Gasteiger partial charge on any atom is 0.219 e. The zero-order chi connectivity index (χ0) is 18.9. The van der Waals surface area contributed by atoms with E-state index < -0.39 is 0 Å². The number of benzene rings is 1. The molecule has 0 amide bonds. The standard InChI is InChI=1S/C19H26N4O3/c1-5-23(6-2)19(20)22-13-14-10-11-17(21-12-14)26-18-15(24-3)8-7-9-16(18)25-4/h7-12H,5-6,13H2,1-4H3,(H2,20,22). The van der Waals surface area contributed by atoms with E-state index in [2.05, 4.69) is 9.98 Å². The van der Waals surface area contributed by atoms with Gasteiger partial charge in [-0.2, -0.15) is 0 Å². The molecule has 0 saturated carbocycles. The first-order chi connectivity index (χ1) is 12.6. The van der Waals surface area contributed by atoms with E-state index in [-0.39, 0.29) is 0 Å². The van der Waals surface area contributed by atoms with Gasteiger partial charge in [0.05, 0.1) is 20.8 Å². The van der Waals surface area contributed by atoms with Crippen molar-refractivity contribution in [3.8, 4) is 23.1 Å². The van der Waals surface area contributed by atoms with Crippen LogP contribution in [0.15, 0.2) is 41.5 Å². The number of aromatic nitrogens is 1. The molecule has 2 aromatic rings. The zero-order valence-electron chi connectivity index (χ0n) is 15.7. The highest BCUT2D eigenvalue weighted by molar-refractivity contribution is 5.78. The summed E-state index contributed by atoms with van der Waals surface area (Å²) < 4.78 is 16.5. The summed E-state index contributed by atoms with van der Waals surface area (Å²) in [7, 11) is 3.16. The van der Waals surface area contributed by atoms with E-state index in [4.69, 9.17) is 19.9 Å². The second kappa shape index (κ2) is 9.50. The Hall–Kier alpha value is -2.96. The molecule has 0 aliphatic carbocycles. The fourth-order valence-electron chi connectivity index (χ4n) is 2.41. The van der Waals surface area contributed by atoms with Crippen molar-refractivity contribution in [2.24, 2.45) is 10.7 Å². The average Bonchev–Trinajstić information content (AvgIpc) is 2.68. The van der Waals surface area contributed by atoms with Crippen LogP contribution in [0.4, 0.5) is 0 Å². The summed E-state index contributed by atoms with van der Waals surface area (Å²) in [6.07, 6.45) is 1.72. The van der Waals surface area contributed by atoms with Crippen LogP contribution in [-0.4, -0.2) is 43.2 Å². The molecular weight excluding hydrogens is 332 g/mol. The van der Waals surface area contributed by atoms with Gasteiger partial charge in [-0.05, 0) is 31.5 Å². The van der Waals surface area contributed by atoms with Crippen LogP contribution in [0.5, 0.6) is 23.1 Å². The number of rotatable bonds is 8. The lowest BCUT2D eigenvalue weighted by Gasteiger charge is -2.19. The van der Waals surface area contributed by atoms with Gasteiger partial charge in [-0.25, -0.2) is 9.98 Å². The van der Waals surface area contributed by atoms with E-state index >= 15 is 0 Å². The summed E-state index contributed by atoms with van der Waals surface area (Å²) in [5.41, 5.74) is 6.93. The normalized spacial score (nSPS) is 11.2. The predicted molar refractivity (Wildman–Crippen MR) is 102 cm³/mol. The van der Waals surface area contributed by atoms with Crippen LogP contribution in [0.1, 0.15) is 19.4 Å². The lowest BCUT2D eigenvalue weighted by atomic mass is 10.3. The Morgan fingerprint density at radius 2 is 1.73 bits per heavy atom. The van der Waals surface area contributed by atoms with Crippen molar-refractivity contribution < 1.29 is 14.2 Å².